The molecule has 0 spiro atoms. The van der Waals surface area contributed by atoms with Crippen molar-refractivity contribution in [3.05, 3.63) is 41.9 Å². The molecule has 0 saturated carbocycles. The van der Waals surface area contributed by atoms with Crippen LogP contribution in [-0.4, -0.2) is 50.4 Å². The summed E-state index contributed by atoms with van der Waals surface area (Å²) in [5, 5.41) is 15.7. The van der Waals surface area contributed by atoms with Gasteiger partial charge in [0.2, 0.25) is 5.91 Å². The molecule has 1 saturated heterocycles. The van der Waals surface area contributed by atoms with Crippen molar-refractivity contribution in [3.63, 3.8) is 0 Å². The third-order valence-corrected chi connectivity index (χ3v) is 4.86. The van der Waals surface area contributed by atoms with E-state index >= 15 is 0 Å². The lowest BCUT2D eigenvalue weighted by Gasteiger charge is -2.16. The Hall–Kier alpha value is -2.67. The minimum absolute atomic E-state index is 0.00132. The van der Waals surface area contributed by atoms with E-state index in [0.717, 1.165) is 47.5 Å². The van der Waals surface area contributed by atoms with Crippen molar-refractivity contribution >= 4 is 22.5 Å². The molecule has 0 aliphatic carbocycles. The van der Waals surface area contributed by atoms with Crippen molar-refractivity contribution in [1.82, 2.24) is 24.9 Å². The summed E-state index contributed by atoms with van der Waals surface area (Å²) in [5.41, 5.74) is 3.64. The normalized spacial score (nSPS) is 18.1. The summed E-state index contributed by atoms with van der Waals surface area (Å²) in [4.78, 5) is 14.5. The maximum absolute atomic E-state index is 12.4. The number of aromatic amines is 1. The fraction of sp³-hybridized carbons (Fsp3) is 0.389. The molecule has 25 heavy (non-hydrogen) atoms. The molecule has 1 amide bonds. The fourth-order valence-corrected chi connectivity index (χ4v) is 3.56. The fourth-order valence-electron chi connectivity index (χ4n) is 3.56. The first-order valence-corrected chi connectivity index (χ1v) is 8.58. The van der Waals surface area contributed by atoms with Gasteiger partial charge >= 0.3 is 0 Å². The SMILES string of the molecule is Cc1n[nH]c(C)c1NC(=O)CN1CCC(n2ncc3ccccc32)C1. The number of hydrogen-bond donors (Lipinski definition) is 2. The summed E-state index contributed by atoms with van der Waals surface area (Å²) >= 11 is 0. The number of hydrogen-bond acceptors (Lipinski definition) is 4. The van der Waals surface area contributed by atoms with Crippen LogP contribution in [0.5, 0.6) is 0 Å². The Kier molecular flexibility index (Phi) is 4.01. The molecular formula is C18H22N6O. The highest BCUT2D eigenvalue weighted by atomic mass is 16.2. The van der Waals surface area contributed by atoms with E-state index in [-0.39, 0.29) is 5.91 Å². The number of benzene rings is 1. The molecule has 1 fully saturated rings. The molecule has 1 unspecified atom stereocenters. The van der Waals surface area contributed by atoms with Crippen molar-refractivity contribution in [1.29, 1.82) is 0 Å². The van der Waals surface area contributed by atoms with Gasteiger partial charge in [0.15, 0.2) is 0 Å². The van der Waals surface area contributed by atoms with E-state index in [1.165, 1.54) is 0 Å². The molecule has 4 rings (SSSR count). The van der Waals surface area contributed by atoms with Crippen LogP contribution in [-0.2, 0) is 4.79 Å². The number of para-hydroxylation sites is 1. The Morgan fingerprint density at radius 1 is 1.36 bits per heavy atom. The Morgan fingerprint density at radius 3 is 3.00 bits per heavy atom. The molecule has 1 aliphatic heterocycles. The number of aryl methyl sites for hydroxylation is 2. The minimum atomic E-state index is -0.00132. The van der Waals surface area contributed by atoms with Crippen molar-refractivity contribution < 1.29 is 4.79 Å². The summed E-state index contributed by atoms with van der Waals surface area (Å²) < 4.78 is 2.09. The van der Waals surface area contributed by atoms with Gasteiger partial charge in [-0.3, -0.25) is 19.5 Å². The van der Waals surface area contributed by atoms with Crippen LogP contribution >= 0.6 is 0 Å². The molecule has 0 bridgehead atoms. The second-order valence-electron chi connectivity index (χ2n) is 6.68. The smallest absolute Gasteiger partial charge is 0.238 e. The van der Waals surface area contributed by atoms with Gasteiger partial charge < -0.3 is 5.32 Å². The monoisotopic (exact) mass is 338 g/mol. The Morgan fingerprint density at radius 2 is 2.20 bits per heavy atom. The molecule has 1 aliphatic rings. The number of rotatable bonds is 4. The number of anilines is 1. The zero-order chi connectivity index (χ0) is 17.4. The van der Waals surface area contributed by atoms with Gasteiger partial charge in [0.1, 0.15) is 0 Å². The van der Waals surface area contributed by atoms with Crippen LogP contribution in [0.25, 0.3) is 10.9 Å². The Balaban J connectivity index is 1.40. The highest BCUT2D eigenvalue weighted by Gasteiger charge is 2.27. The van der Waals surface area contributed by atoms with Crippen LogP contribution in [0, 0.1) is 13.8 Å². The average Bonchev–Trinajstić information content (AvgIpc) is 3.30. The number of nitrogens with one attached hydrogen (secondary N) is 2. The van der Waals surface area contributed by atoms with Gasteiger partial charge in [0, 0.05) is 18.5 Å². The third-order valence-electron chi connectivity index (χ3n) is 4.86. The van der Waals surface area contributed by atoms with Gasteiger partial charge in [-0.2, -0.15) is 10.2 Å². The predicted octanol–water partition coefficient (Wildman–Crippen LogP) is 2.26. The zero-order valence-electron chi connectivity index (χ0n) is 14.5. The molecular weight excluding hydrogens is 316 g/mol. The average molecular weight is 338 g/mol. The van der Waals surface area contributed by atoms with Crippen molar-refractivity contribution in [2.75, 3.05) is 25.0 Å². The topological polar surface area (TPSA) is 78.8 Å². The van der Waals surface area contributed by atoms with Crippen molar-refractivity contribution in [2.45, 2.75) is 26.3 Å². The highest BCUT2D eigenvalue weighted by molar-refractivity contribution is 5.93. The lowest BCUT2D eigenvalue weighted by atomic mass is 10.2. The summed E-state index contributed by atoms with van der Waals surface area (Å²) in [6.45, 7) is 5.91. The second-order valence-corrected chi connectivity index (χ2v) is 6.68. The number of H-pyrrole nitrogens is 1. The number of carbonyl (C=O) groups excluding carboxylic acids is 1. The Bertz CT molecular complexity index is 892. The van der Waals surface area contributed by atoms with E-state index < -0.39 is 0 Å². The van der Waals surface area contributed by atoms with Crippen LogP contribution in [0.15, 0.2) is 30.5 Å². The molecule has 1 aromatic carbocycles. The van der Waals surface area contributed by atoms with Gasteiger partial charge in [0.05, 0.1) is 41.4 Å². The van der Waals surface area contributed by atoms with Crippen LogP contribution in [0.2, 0.25) is 0 Å². The number of nitrogens with zero attached hydrogens (tertiary/aromatic N) is 4. The third kappa shape index (κ3) is 3.02. The van der Waals surface area contributed by atoms with Gasteiger partial charge in [-0.05, 0) is 26.3 Å². The lowest BCUT2D eigenvalue weighted by molar-refractivity contribution is -0.117. The Labute approximate surface area is 146 Å². The van der Waals surface area contributed by atoms with Crippen molar-refractivity contribution in [3.8, 4) is 0 Å². The number of amides is 1. The van der Waals surface area contributed by atoms with Gasteiger partial charge in [0.25, 0.3) is 0 Å². The maximum Gasteiger partial charge on any atom is 0.238 e. The summed E-state index contributed by atoms with van der Waals surface area (Å²) in [6, 6.07) is 8.55. The van der Waals surface area contributed by atoms with Crippen LogP contribution in [0.1, 0.15) is 23.9 Å². The molecule has 0 radical (unpaired) electrons. The lowest BCUT2D eigenvalue weighted by Crippen LogP contribution is -2.32. The largest absolute Gasteiger partial charge is 0.322 e. The molecule has 1 atom stereocenters. The van der Waals surface area contributed by atoms with Crippen LogP contribution in [0.3, 0.4) is 0 Å². The maximum atomic E-state index is 12.4. The first-order valence-electron chi connectivity index (χ1n) is 8.58. The molecule has 7 heteroatoms. The number of carbonyl (C=O) groups is 1. The van der Waals surface area contributed by atoms with Crippen molar-refractivity contribution in [2.24, 2.45) is 0 Å². The first-order chi connectivity index (χ1) is 12.1. The molecule has 7 nitrogen and oxygen atoms in total. The van der Waals surface area contributed by atoms with Gasteiger partial charge in [-0.25, -0.2) is 0 Å². The van der Waals surface area contributed by atoms with E-state index in [0.29, 0.717) is 12.6 Å². The number of aromatic nitrogens is 4. The van der Waals surface area contributed by atoms with E-state index in [4.69, 9.17) is 0 Å². The van der Waals surface area contributed by atoms with E-state index in [2.05, 4.69) is 42.3 Å². The summed E-state index contributed by atoms with van der Waals surface area (Å²) in [7, 11) is 0. The molecule has 3 heterocycles. The molecule has 2 N–H and O–H groups in total. The number of fused-ring (bicyclic) bond motifs is 1. The van der Waals surface area contributed by atoms with E-state index in [9.17, 15) is 4.79 Å². The highest BCUT2D eigenvalue weighted by Crippen LogP contribution is 2.25. The summed E-state index contributed by atoms with van der Waals surface area (Å²) in [6.07, 6.45) is 2.91. The van der Waals surface area contributed by atoms with Crippen LogP contribution < -0.4 is 5.32 Å². The second kappa shape index (κ2) is 6.33. The number of likely N-dealkylation sites (tertiary alicyclic amines) is 1. The molecule has 130 valence electrons. The zero-order valence-corrected chi connectivity index (χ0v) is 14.5. The van der Waals surface area contributed by atoms with Crippen LogP contribution in [0.4, 0.5) is 5.69 Å². The predicted molar refractivity (Wildman–Crippen MR) is 96.5 cm³/mol. The van der Waals surface area contributed by atoms with E-state index in [1.807, 2.05) is 32.2 Å². The molecule has 3 aromatic rings. The van der Waals surface area contributed by atoms with E-state index in [1.54, 1.807) is 0 Å². The summed E-state index contributed by atoms with van der Waals surface area (Å²) in [5.74, 6) is -0.00132. The quantitative estimate of drug-likeness (QED) is 0.765. The van der Waals surface area contributed by atoms with Gasteiger partial charge in [-0.15, -0.1) is 0 Å². The van der Waals surface area contributed by atoms with Gasteiger partial charge in [-0.1, -0.05) is 18.2 Å². The minimum Gasteiger partial charge on any atom is -0.322 e. The standard InChI is InChI=1S/C18H22N6O/c1-12-18(13(2)22-21-12)20-17(25)11-23-8-7-15(10-23)24-16-6-4-3-5-14(16)9-19-24/h3-6,9,15H,7-8,10-11H2,1-2H3,(H,20,25)(H,21,22). The first kappa shape index (κ1) is 15.8. The molecule has 2 aromatic heterocycles.